The number of carbonyl (C=O) groups excluding carboxylic acids is 1. The van der Waals surface area contributed by atoms with Gasteiger partial charge >= 0.3 is 18.1 Å². The number of carboxylic acid groups (broad SMARTS) is 1. The average molecular weight is 732 g/mol. The second-order valence-electron chi connectivity index (χ2n) is 11.1. The number of carboxylic acids is 1. The smallest absolute Gasteiger partial charge is 0.475 e. The van der Waals surface area contributed by atoms with Crippen LogP contribution in [-0.2, 0) is 24.3 Å². The number of benzene rings is 2. The molecule has 0 atom stereocenters. The number of sulfonamides is 1. The molecule has 0 amide bonds. The normalized spacial score (nSPS) is 11.7. The number of aromatic nitrogens is 4. The van der Waals surface area contributed by atoms with Crippen LogP contribution in [0.2, 0.25) is 5.02 Å². The van der Waals surface area contributed by atoms with Crippen LogP contribution in [-0.4, -0.2) is 90.0 Å². The Morgan fingerprint density at radius 3 is 2.37 bits per heavy atom. The summed E-state index contributed by atoms with van der Waals surface area (Å²) in [5.74, 6) is -2.61. The van der Waals surface area contributed by atoms with Gasteiger partial charge in [0.15, 0.2) is 11.5 Å². The first-order chi connectivity index (χ1) is 22.9. The minimum Gasteiger partial charge on any atom is -0.475 e. The third-order valence-electron chi connectivity index (χ3n) is 6.51. The number of likely N-dealkylation sites (N-methyl/N-ethyl adjacent to an activating group) is 1. The van der Waals surface area contributed by atoms with Gasteiger partial charge in [0, 0.05) is 48.0 Å². The number of nitrogens with zero attached hydrogens (tertiary/aromatic N) is 4. The lowest BCUT2D eigenvalue weighted by Crippen LogP contribution is -2.29. The molecular weight excluding hydrogens is 698 g/mol. The van der Waals surface area contributed by atoms with E-state index >= 15 is 0 Å². The average Bonchev–Trinajstić information content (AvgIpc) is 3.38. The lowest BCUT2D eigenvalue weighted by atomic mass is 10.1. The van der Waals surface area contributed by atoms with Crippen LogP contribution in [0.4, 0.5) is 29.1 Å². The maximum absolute atomic E-state index is 14.1. The van der Waals surface area contributed by atoms with Crippen molar-refractivity contribution < 1.29 is 45.4 Å². The molecule has 2 aromatic carbocycles. The summed E-state index contributed by atoms with van der Waals surface area (Å²) in [6.45, 7) is 7.98. The van der Waals surface area contributed by atoms with Gasteiger partial charge in [-0.2, -0.15) is 18.3 Å². The molecule has 0 fully saturated rings. The number of alkyl halides is 3. The first-order valence-electron chi connectivity index (χ1n) is 14.6. The highest BCUT2D eigenvalue weighted by Crippen LogP contribution is 2.28. The van der Waals surface area contributed by atoms with Crippen molar-refractivity contribution in [3.05, 3.63) is 59.0 Å². The molecule has 266 valence electrons. The molecule has 2 heterocycles. The maximum atomic E-state index is 14.1. The van der Waals surface area contributed by atoms with E-state index in [1.54, 1.807) is 12.1 Å². The number of aryl methyl sites for hydroxylation is 1. The zero-order chi connectivity index (χ0) is 36.5. The topological polar surface area (TPSA) is 180 Å². The fraction of sp³-hybridized carbons (Fsp3) is 0.367. The van der Waals surface area contributed by atoms with Gasteiger partial charge in [-0.3, -0.25) is 14.6 Å². The highest BCUT2D eigenvalue weighted by molar-refractivity contribution is 7.92. The number of nitrogens with one attached hydrogen (secondary N) is 3. The SMILES string of the molecule is Cc1[nH]nc2nc(-c3ccc(NS(=O)(=O)c4cc(Cl)ccc4F)cc3)nc(NCCN(C)CCOC(=O)CC(C)C)c12.O=C(O)C(F)(F)F. The number of esters is 1. The molecule has 0 aliphatic rings. The van der Waals surface area contributed by atoms with Crippen molar-refractivity contribution in [3.8, 4) is 11.4 Å². The molecule has 0 radical (unpaired) electrons. The number of aromatic amines is 1. The van der Waals surface area contributed by atoms with Crippen molar-refractivity contribution in [2.45, 2.75) is 38.3 Å². The van der Waals surface area contributed by atoms with E-state index in [1.807, 2.05) is 32.7 Å². The van der Waals surface area contributed by atoms with Crippen LogP contribution in [0.15, 0.2) is 47.4 Å². The van der Waals surface area contributed by atoms with Crippen LogP contribution < -0.4 is 10.0 Å². The maximum Gasteiger partial charge on any atom is 0.490 e. The van der Waals surface area contributed by atoms with Gasteiger partial charge in [-0.15, -0.1) is 0 Å². The number of anilines is 2. The molecule has 4 rings (SSSR count). The minimum absolute atomic E-state index is 0.104. The molecule has 0 aliphatic heterocycles. The number of carbonyl (C=O) groups is 2. The van der Waals surface area contributed by atoms with Gasteiger partial charge in [0.2, 0.25) is 0 Å². The molecule has 49 heavy (non-hydrogen) atoms. The Labute approximate surface area is 284 Å². The van der Waals surface area contributed by atoms with E-state index in [1.165, 1.54) is 18.2 Å². The Hall–Kier alpha value is -4.55. The largest absolute Gasteiger partial charge is 0.490 e. The molecule has 4 N–H and O–H groups in total. The fourth-order valence-electron chi connectivity index (χ4n) is 4.09. The molecular formula is C30H34ClF4N7O6S. The number of H-pyrrole nitrogens is 1. The van der Waals surface area contributed by atoms with Crippen LogP contribution in [0.3, 0.4) is 0 Å². The van der Waals surface area contributed by atoms with Crippen molar-refractivity contribution >= 4 is 56.1 Å². The Kier molecular flexibility index (Phi) is 13.3. The zero-order valence-corrected chi connectivity index (χ0v) is 28.3. The van der Waals surface area contributed by atoms with E-state index in [0.29, 0.717) is 55.5 Å². The summed E-state index contributed by atoms with van der Waals surface area (Å²) in [6.07, 6.45) is -4.68. The Balaban J connectivity index is 0.000000838. The van der Waals surface area contributed by atoms with E-state index in [-0.39, 0.29) is 22.6 Å². The highest BCUT2D eigenvalue weighted by atomic mass is 35.5. The molecule has 0 bridgehead atoms. The van der Waals surface area contributed by atoms with Gasteiger partial charge in [-0.1, -0.05) is 25.4 Å². The van der Waals surface area contributed by atoms with E-state index in [0.717, 1.165) is 23.2 Å². The van der Waals surface area contributed by atoms with Gasteiger partial charge < -0.3 is 20.1 Å². The predicted octanol–water partition coefficient (Wildman–Crippen LogP) is 5.49. The van der Waals surface area contributed by atoms with Crippen molar-refractivity contribution in [1.82, 2.24) is 25.1 Å². The highest BCUT2D eigenvalue weighted by Gasteiger charge is 2.38. The summed E-state index contributed by atoms with van der Waals surface area (Å²) in [6, 6.07) is 9.72. The summed E-state index contributed by atoms with van der Waals surface area (Å²) >= 11 is 5.86. The van der Waals surface area contributed by atoms with Gasteiger partial charge in [0.05, 0.1) is 5.39 Å². The second kappa shape index (κ2) is 16.7. The number of ether oxygens (including phenoxy) is 1. The lowest BCUT2D eigenvalue weighted by molar-refractivity contribution is -0.192. The molecule has 4 aromatic rings. The third-order valence-corrected chi connectivity index (χ3v) is 8.14. The number of rotatable bonds is 13. The van der Waals surface area contributed by atoms with Crippen molar-refractivity contribution in [1.29, 1.82) is 0 Å². The predicted molar refractivity (Wildman–Crippen MR) is 174 cm³/mol. The fourth-order valence-corrected chi connectivity index (χ4v) is 5.49. The minimum atomic E-state index is -5.08. The van der Waals surface area contributed by atoms with E-state index in [9.17, 15) is 30.8 Å². The van der Waals surface area contributed by atoms with Crippen LogP contribution in [0, 0.1) is 18.7 Å². The number of halogens is 5. The van der Waals surface area contributed by atoms with Gasteiger partial charge in [0.1, 0.15) is 23.1 Å². The van der Waals surface area contributed by atoms with Gasteiger partial charge in [-0.05, 0) is 62.4 Å². The third kappa shape index (κ3) is 11.5. The monoisotopic (exact) mass is 731 g/mol. The van der Waals surface area contributed by atoms with Gasteiger partial charge in [0.25, 0.3) is 10.0 Å². The van der Waals surface area contributed by atoms with Crippen LogP contribution >= 0.6 is 11.6 Å². The summed E-state index contributed by atoms with van der Waals surface area (Å²) < 4.78 is 79.0. The lowest BCUT2D eigenvalue weighted by Gasteiger charge is -2.17. The van der Waals surface area contributed by atoms with Crippen molar-refractivity contribution in [2.75, 3.05) is 43.3 Å². The van der Waals surface area contributed by atoms with Crippen LogP contribution in [0.1, 0.15) is 26.0 Å². The van der Waals surface area contributed by atoms with Crippen molar-refractivity contribution in [3.63, 3.8) is 0 Å². The number of hydrogen-bond acceptors (Lipinski definition) is 10. The number of aliphatic carboxylic acids is 1. The molecule has 0 spiro atoms. The molecule has 0 aliphatic carbocycles. The molecule has 0 saturated heterocycles. The molecule has 0 saturated carbocycles. The standard InChI is InChI=1S/C28H33ClFN7O4S.C2HF3O2/c1-17(2)15-24(38)41-14-13-37(4)12-11-31-27-25-18(3)34-35-28(25)33-26(32-27)19-5-8-21(9-6-19)36-42(39,40)23-16-20(29)7-10-22(23)30;3-2(4,5)1(6)7/h5-10,16-17,36H,11-15H2,1-4H3,(H2,31,32,33,34,35);(H,6,7). The zero-order valence-electron chi connectivity index (χ0n) is 26.7. The van der Waals surface area contributed by atoms with Gasteiger partial charge in [-0.25, -0.2) is 27.6 Å². The Morgan fingerprint density at radius 1 is 1.10 bits per heavy atom. The number of hydrogen-bond donors (Lipinski definition) is 4. The number of fused-ring (bicyclic) bond motifs is 1. The summed E-state index contributed by atoms with van der Waals surface area (Å²) in [5.41, 5.74) is 2.14. The summed E-state index contributed by atoms with van der Waals surface area (Å²) in [5, 5.41) is 18.6. The summed E-state index contributed by atoms with van der Waals surface area (Å²) in [4.78, 5) is 31.4. The summed E-state index contributed by atoms with van der Waals surface area (Å²) in [7, 11) is -2.26. The van der Waals surface area contributed by atoms with Crippen LogP contribution in [0.5, 0.6) is 0 Å². The molecule has 13 nitrogen and oxygen atoms in total. The molecule has 0 unspecified atom stereocenters. The molecule has 19 heteroatoms. The second-order valence-corrected chi connectivity index (χ2v) is 13.1. The first kappa shape index (κ1) is 38.9. The van der Waals surface area contributed by atoms with E-state index < -0.39 is 32.9 Å². The quantitative estimate of drug-likeness (QED) is 0.101. The Bertz CT molecular complexity index is 1870. The van der Waals surface area contributed by atoms with E-state index in [2.05, 4.69) is 25.2 Å². The van der Waals surface area contributed by atoms with E-state index in [4.69, 9.17) is 31.2 Å². The Morgan fingerprint density at radius 2 is 1.76 bits per heavy atom. The molecule has 2 aromatic heterocycles. The van der Waals surface area contributed by atoms with Crippen LogP contribution in [0.25, 0.3) is 22.4 Å². The van der Waals surface area contributed by atoms with Crippen molar-refractivity contribution in [2.24, 2.45) is 5.92 Å². The first-order valence-corrected chi connectivity index (χ1v) is 16.4.